The Morgan fingerprint density at radius 1 is 1.25 bits per heavy atom. The van der Waals surface area contributed by atoms with E-state index in [1.165, 1.54) is 0 Å². The van der Waals surface area contributed by atoms with Crippen molar-refractivity contribution in [2.24, 2.45) is 5.10 Å². The number of nitrogens with one attached hydrogen (secondary N) is 1. The summed E-state index contributed by atoms with van der Waals surface area (Å²) >= 11 is 0. The van der Waals surface area contributed by atoms with Crippen molar-refractivity contribution < 1.29 is 0 Å². The fourth-order valence-corrected chi connectivity index (χ4v) is 1.00. The van der Waals surface area contributed by atoms with Gasteiger partial charge in [-0.3, -0.25) is 5.43 Å². The van der Waals surface area contributed by atoms with Crippen LogP contribution in [0, 0.1) is 40.9 Å². The molecule has 0 amide bonds. The molecule has 0 saturated heterocycles. The van der Waals surface area contributed by atoms with Gasteiger partial charge in [-0.15, -0.1) is 0 Å². The van der Waals surface area contributed by atoms with Crippen molar-refractivity contribution in [3.8, 4) is 18.2 Å². The average molecular weight is 209 g/mol. The number of hydrogen-bond donors (Lipinski definition) is 1. The molecule has 1 aromatic rings. The lowest BCUT2D eigenvalue weighted by Gasteiger charge is -2.04. The summed E-state index contributed by atoms with van der Waals surface area (Å²) in [6.45, 7) is 1.83. The second-order valence-corrected chi connectivity index (χ2v) is 2.94. The van der Waals surface area contributed by atoms with Crippen LogP contribution >= 0.6 is 0 Å². The highest BCUT2D eigenvalue weighted by Crippen LogP contribution is 2.16. The maximum absolute atomic E-state index is 8.70. The SMILES string of the molecule is Cc1ccc(C#N)cc1NN=C(C#N)C#N. The van der Waals surface area contributed by atoms with Crippen LogP contribution in [-0.2, 0) is 0 Å². The second-order valence-electron chi connectivity index (χ2n) is 2.94. The summed E-state index contributed by atoms with van der Waals surface area (Å²) in [6.07, 6.45) is 0. The van der Waals surface area contributed by atoms with Crippen molar-refractivity contribution in [3.63, 3.8) is 0 Å². The fraction of sp³-hybridized carbons (Fsp3) is 0.0909. The van der Waals surface area contributed by atoms with Crippen LogP contribution < -0.4 is 5.43 Å². The van der Waals surface area contributed by atoms with Gasteiger partial charge in [0, 0.05) is 0 Å². The first-order chi connectivity index (χ1) is 7.71. The first-order valence-electron chi connectivity index (χ1n) is 4.36. The van der Waals surface area contributed by atoms with E-state index in [1.54, 1.807) is 30.3 Å². The Morgan fingerprint density at radius 2 is 1.94 bits per heavy atom. The van der Waals surface area contributed by atoms with E-state index in [-0.39, 0.29) is 5.71 Å². The Hall–Kier alpha value is -2.84. The Kier molecular flexibility index (Phi) is 3.61. The number of benzene rings is 1. The molecule has 0 aromatic heterocycles. The van der Waals surface area contributed by atoms with Gasteiger partial charge < -0.3 is 0 Å². The van der Waals surface area contributed by atoms with Crippen LogP contribution in [0.5, 0.6) is 0 Å². The third-order valence-corrected chi connectivity index (χ3v) is 1.87. The molecular weight excluding hydrogens is 202 g/mol. The maximum Gasteiger partial charge on any atom is 0.237 e. The topological polar surface area (TPSA) is 95.8 Å². The zero-order valence-electron chi connectivity index (χ0n) is 8.52. The van der Waals surface area contributed by atoms with Crippen LogP contribution in [0.25, 0.3) is 0 Å². The van der Waals surface area contributed by atoms with Gasteiger partial charge in [-0.1, -0.05) is 6.07 Å². The quantitative estimate of drug-likeness (QED) is 0.592. The molecule has 0 aliphatic carbocycles. The molecule has 0 atom stereocenters. The predicted molar refractivity (Wildman–Crippen MR) is 58.2 cm³/mol. The normalized spacial score (nSPS) is 8.12. The summed E-state index contributed by atoms with van der Waals surface area (Å²) in [5.41, 5.74) is 4.28. The molecule has 16 heavy (non-hydrogen) atoms. The molecule has 0 aliphatic rings. The van der Waals surface area contributed by atoms with Gasteiger partial charge >= 0.3 is 0 Å². The van der Waals surface area contributed by atoms with Gasteiger partial charge in [0.05, 0.1) is 17.3 Å². The first kappa shape index (κ1) is 11.2. The minimum absolute atomic E-state index is 0.262. The van der Waals surface area contributed by atoms with Crippen molar-refractivity contribution in [1.29, 1.82) is 15.8 Å². The highest BCUT2D eigenvalue weighted by atomic mass is 15.3. The van der Waals surface area contributed by atoms with Crippen molar-refractivity contribution >= 4 is 11.4 Å². The van der Waals surface area contributed by atoms with E-state index < -0.39 is 0 Å². The Morgan fingerprint density at radius 3 is 2.50 bits per heavy atom. The largest absolute Gasteiger partial charge is 0.276 e. The number of hydrazone groups is 1. The van der Waals surface area contributed by atoms with Crippen molar-refractivity contribution in [1.82, 2.24) is 0 Å². The average Bonchev–Trinajstić information content (AvgIpc) is 2.32. The molecule has 0 fully saturated rings. The molecule has 1 aromatic carbocycles. The standard InChI is InChI=1S/C11H7N5/c1-8-2-3-9(5-12)4-11(8)16-15-10(6-13)7-14/h2-4,16H,1H3. The van der Waals surface area contributed by atoms with Crippen LogP contribution in [0.2, 0.25) is 0 Å². The Bertz CT molecular complexity index is 535. The van der Waals surface area contributed by atoms with Gasteiger partial charge in [-0.2, -0.15) is 20.9 Å². The van der Waals surface area contributed by atoms with Crippen LogP contribution in [0.15, 0.2) is 23.3 Å². The number of nitrogens with zero attached hydrogens (tertiary/aromatic N) is 4. The highest BCUT2D eigenvalue weighted by Gasteiger charge is 2.00. The van der Waals surface area contributed by atoms with Crippen LogP contribution in [0.1, 0.15) is 11.1 Å². The number of rotatable bonds is 2. The van der Waals surface area contributed by atoms with Crippen molar-refractivity contribution in [2.75, 3.05) is 5.43 Å². The van der Waals surface area contributed by atoms with E-state index in [0.717, 1.165) is 5.56 Å². The summed E-state index contributed by atoms with van der Waals surface area (Å²) in [6, 6.07) is 10.3. The predicted octanol–water partition coefficient (Wildman–Crippen LogP) is 1.68. The Labute approximate surface area is 92.8 Å². The first-order valence-corrected chi connectivity index (χ1v) is 4.36. The van der Waals surface area contributed by atoms with Gasteiger partial charge in [0.1, 0.15) is 12.1 Å². The maximum atomic E-state index is 8.70. The van der Waals surface area contributed by atoms with E-state index >= 15 is 0 Å². The zero-order chi connectivity index (χ0) is 12.0. The van der Waals surface area contributed by atoms with E-state index in [4.69, 9.17) is 15.8 Å². The molecule has 0 radical (unpaired) electrons. The fourth-order valence-electron chi connectivity index (χ4n) is 1.00. The number of anilines is 1. The minimum atomic E-state index is -0.262. The minimum Gasteiger partial charge on any atom is -0.276 e. The monoisotopic (exact) mass is 209 g/mol. The lowest BCUT2D eigenvalue weighted by molar-refractivity contribution is 1.29. The van der Waals surface area contributed by atoms with Gasteiger partial charge in [-0.05, 0) is 24.6 Å². The third kappa shape index (κ3) is 2.57. The zero-order valence-corrected chi connectivity index (χ0v) is 8.52. The summed E-state index contributed by atoms with van der Waals surface area (Å²) in [7, 11) is 0. The molecule has 5 heteroatoms. The molecule has 1 N–H and O–H groups in total. The van der Waals surface area contributed by atoms with Gasteiger partial charge in [0.2, 0.25) is 5.71 Å². The second kappa shape index (κ2) is 5.14. The van der Waals surface area contributed by atoms with E-state index in [1.807, 2.05) is 13.0 Å². The number of nitriles is 3. The molecule has 5 nitrogen and oxygen atoms in total. The van der Waals surface area contributed by atoms with Crippen LogP contribution in [-0.4, -0.2) is 5.71 Å². The summed E-state index contributed by atoms with van der Waals surface area (Å²) in [4.78, 5) is 0. The molecule has 0 saturated carbocycles. The smallest absolute Gasteiger partial charge is 0.237 e. The lowest BCUT2D eigenvalue weighted by atomic mass is 10.1. The van der Waals surface area contributed by atoms with Crippen molar-refractivity contribution in [2.45, 2.75) is 6.92 Å². The van der Waals surface area contributed by atoms with Crippen LogP contribution in [0.3, 0.4) is 0 Å². The number of hydrogen-bond acceptors (Lipinski definition) is 5. The number of aryl methyl sites for hydroxylation is 1. The molecule has 0 aliphatic heterocycles. The lowest BCUT2D eigenvalue weighted by Crippen LogP contribution is -1.98. The van der Waals surface area contributed by atoms with E-state index in [2.05, 4.69) is 10.5 Å². The van der Waals surface area contributed by atoms with E-state index in [9.17, 15) is 0 Å². The summed E-state index contributed by atoms with van der Waals surface area (Å²) < 4.78 is 0. The van der Waals surface area contributed by atoms with Gasteiger partial charge in [0.15, 0.2) is 0 Å². The summed E-state index contributed by atoms with van der Waals surface area (Å²) in [5, 5.41) is 29.3. The van der Waals surface area contributed by atoms with E-state index in [0.29, 0.717) is 11.3 Å². The van der Waals surface area contributed by atoms with Gasteiger partial charge in [0.25, 0.3) is 0 Å². The molecule has 1 rings (SSSR count). The summed E-state index contributed by atoms with van der Waals surface area (Å²) in [5.74, 6) is 0. The molecule has 0 unspecified atom stereocenters. The molecule has 0 spiro atoms. The van der Waals surface area contributed by atoms with Crippen LogP contribution in [0.4, 0.5) is 5.69 Å². The van der Waals surface area contributed by atoms with Gasteiger partial charge in [-0.25, -0.2) is 0 Å². The highest BCUT2D eigenvalue weighted by molar-refractivity contribution is 6.10. The Balaban J connectivity index is 3.00. The molecular formula is C11H7N5. The third-order valence-electron chi connectivity index (χ3n) is 1.87. The molecule has 0 bridgehead atoms. The van der Waals surface area contributed by atoms with Crippen molar-refractivity contribution in [3.05, 3.63) is 29.3 Å². The molecule has 76 valence electrons. The molecule has 0 heterocycles.